The van der Waals surface area contributed by atoms with Crippen molar-refractivity contribution in [1.82, 2.24) is 20.0 Å². The third-order valence-corrected chi connectivity index (χ3v) is 5.90. The van der Waals surface area contributed by atoms with Gasteiger partial charge >= 0.3 is 0 Å². The molecule has 1 unspecified atom stereocenters. The first-order valence-electron chi connectivity index (χ1n) is 11.6. The second kappa shape index (κ2) is 11.1. The molecular formula is C26H29N5O4. The second-order valence-electron chi connectivity index (χ2n) is 8.58. The number of Topliss-reactive ketones (excluding diaryl/α,β-unsaturated/α-hetero) is 1. The molecule has 2 aromatic carbocycles. The molecule has 35 heavy (non-hydrogen) atoms. The first-order valence-corrected chi connectivity index (χ1v) is 11.6. The molecule has 0 spiro atoms. The van der Waals surface area contributed by atoms with E-state index in [4.69, 9.17) is 10.5 Å². The van der Waals surface area contributed by atoms with Crippen LogP contribution in [0.4, 0.5) is 0 Å². The number of morpholine rings is 1. The van der Waals surface area contributed by atoms with E-state index in [-0.39, 0.29) is 12.1 Å². The van der Waals surface area contributed by atoms with E-state index in [2.05, 4.69) is 15.3 Å². The van der Waals surface area contributed by atoms with Gasteiger partial charge in [-0.2, -0.15) is 5.10 Å². The van der Waals surface area contributed by atoms with E-state index >= 15 is 0 Å². The van der Waals surface area contributed by atoms with Crippen molar-refractivity contribution in [2.45, 2.75) is 25.9 Å². The van der Waals surface area contributed by atoms with Crippen molar-refractivity contribution in [2.24, 2.45) is 5.73 Å². The van der Waals surface area contributed by atoms with Crippen LogP contribution in [0.1, 0.15) is 27.3 Å². The summed E-state index contributed by atoms with van der Waals surface area (Å²) in [5.74, 6) is -2.46. The number of nitrogens with one attached hydrogen (secondary N) is 1. The van der Waals surface area contributed by atoms with Gasteiger partial charge in [-0.05, 0) is 36.2 Å². The summed E-state index contributed by atoms with van der Waals surface area (Å²) in [7, 11) is 0. The quantitative estimate of drug-likeness (QED) is 0.452. The van der Waals surface area contributed by atoms with Crippen LogP contribution in [0.5, 0.6) is 0 Å². The number of aromatic nitrogens is 2. The molecule has 0 aliphatic carbocycles. The Kier molecular flexibility index (Phi) is 7.69. The van der Waals surface area contributed by atoms with Gasteiger partial charge in [-0.15, -0.1) is 0 Å². The van der Waals surface area contributed by atoms with Crippen molar-refractivity contribution in [1.29, 1.82) is 0 Å². The average molecular weight is 476 g/mol. The Balaban J connectivity index is 1.52. The summed E-state index contributed by atoms with van der Waals surface area (Å²) in [6.45, 7) is 5.90. The number of benzene rings is 2. The number of ether oxygens (including phenoxy) is 1. The zero-order valence-electron chi connectivity index (χ0n) is 19.6. The summed E-state index contributed by atoms with van der Waals surface area (Å²) in [5, 5.41) is 7.15. The zero-order chi connectivity index (χ0) is 24.8. The molecule has 1 atom stereocenters. The molecular weight excluding hydrogens is 446 g/mol. The van der Waals surface area contributed by atoms with E-state index in [1.807, 2.05) is 54.6 Å². The van der Waals surface area contributed by atoms with Crippen LogP contribution >= 0.6 is 0 Å². The monoisotopic (exact) mass is 475 g/mol. The highest BCUT2D eigenvalue weighted by Crippen LogP contribution is 2.16. The smallest absolute Gasteiger partial charge is 0.287 e. The molecule has 1 aliphatic heterocycles. The number of aryl methyl sites for hydroxylation is 1. The first-order chi connectivity index (χ1) is 16.9. The van der Waals surface area contributed by atoms with Crippen LogP contribution in [0.3, 0.4) is 0 Å². The number of amides is 2. The minimum Gasteiger partial charge on any atom is -0.379 e. The molecule has 4 rings (SSSR count). The van der Waals surface area contributed by atoms with Crippen LogP contribution < -0.4 is 11.1 Å². The lowest BCUT2D eigenvalue weighted by Gasteiger charge is -2.26. The largest absolute Gasteiger partial charge is 0.379 e. The van der Waals surface area contributed by atoms with E-state index in [0.717, 1.165) is 49.7 Å². The molecule has 1 aromatic heterocycles. The SMILES string of the molecule is Cc1cc(C(=O)NC(Cc2ccccc2)C(=O)C(N)=O)n(-c2ccc(CN3CCOCC3)cc2)n1. The fourth-order valence-corrected chi connectivity index (χ4v) is 4.08. The maximum Gasteiger partial charge on any atom is 0.287 e. The second-order valence-corrected chi connectivity index (χ2v) is 8.58. The van der Waals surface area contributed by atoms with Crippen molar-refractivity contribution in [3.8, 4) is 5.69 Å². The van der Waals surface area contributed by atoms with Crippen molar-refractivity contribution in [3.63, 3.8) is 0 Å². The molecule has 1 aliphatic rings. The number of nitrogens with two attached hydrogens (primary N) is 1. The Bertz CT molecular complexity index is 1180. The summed E-state index contributed by atoms with van der Waals surface area (Å²) >= 11 is 0. The molecule has 1 saturated heterocycles. The summed E-state index contributed by atoms with van der Waals surface area (Å²) < 4.78 is 6.94. The van der Waals surface area contributed by atoms with Crippen LogP contribution in [-0.2, 0) is 27.3 Å². The maximum atomic E-state index is 13.2. The van der Waals surface area contributed by atoms with Crippen LogP contribution in [0.2, 0.25) is 0 Å². The minimum atomic E-state index is -1.09. The molecule has 1 fully saturated rings. The third-order valence-electron chi connectivity index (χ3n) is 5.90. The van der Waals surface area contributed by atoms with Gasteiger partial charge in [0.15, 0.2) is 0 Å². The first kappa shape index (κ1) is 24.3. The molecule has 3 N–H and O–H groups in total. The predicted molar refractivity (Wildman–Crippen MR) is 130 cm³/mol. The van der Waals surface area contributed by atoms with Crippen molar-refractivity contribution in [2.75, 3.05) is 26.3 Å². The highest BCUT2D eigenvalue weighted by atomic mass is 16.5. The number of carbonyl (C=O) groups excluding carboxylic acids is 3. The summed E-state index contributed by atoms with van der Waals surface area (Å²) in [5.41, 5.74) is 8.82. The summed E-state index contributed by atoms with van der Waals surface area (Å²) in [6.07, 6.45) is 0.151. The van der Waals surface area contributed by atoms with E-state index in [1.54, 1.807) is 13.0 Å². The van der Waals surface area contributed by atoms with Crippen LogP contribution in [-0.4, -0.2) is 64.6 Å². The van der Waals surface area contributed by atoms with Gasteiger partial charge in [-0.1, -0.05) is 42.5 Å². The number of ketones is 1. The van der Waals surface area contributed by atoms with Crippen LogP contribution in [0.15, 0.2) is 60.7 Å². The highest BCUT2D eigenvalue weighted by Gasteiger charge is 2.27. The van der Waals surface area contributed by atoms with Crippen LogP contribution in [0.25, 0.3) is 5.69 Å². The summed E-state index contributed by atoms with van der Waals surface area (Å²) in [4.78, 5) is 39.6. The molecule has 9 heteroatoms. The lowest BCUT2D eigenvalue weighted by Crippen LogP contribution is -2.47. The molecule has 0 saturated carbocycles. The topological polar surface area (TPSA) is 120 Å². The normalized spacial score (nSPS) is 14.9. The van der Waals surface area contributed by atoms with Gasteiger partial charge in [0.05, 0.1) is 24.6 Å². The average Bonchev–Trinajstić information content (AvgIpc) is 3.26. The Morgan fingerprint density at radius 2 is 1.71 bits per heavy atom. The summed E-state index contributed by atoms with van der Waals surface area (Å²) in [6, 6.07) is 17.5. The molecule has 2 amide bonds. The fourth-order valence-electron chi connectivity index (χ4n) is 4.08. The van der Waals surface area contributed by atoms with Crippen molar-refractivity contribution in [3.05, 3.63) is 83.2 Å². The van der Waals surface area contributed by atoms with Gasteiger partial charge in [-0.25, -0.2) is 4.68 Å². The Hall–Kier alpha value is -3.82. The van der Waals surface area contributed by atoms with Gasteiger partial charge in [0.2, 0.25) is 5.78 Å². The molecule has 0 bridgehead atoms. The number of hydrogen-bond donors (Lipinski definition) is 2. The predicted octanol–water partition coefficient (Wildman–Crippen LogP) is 1.41. The number of rotatable bonds is 9. The Morgan fingerprint density at radius 1 is 1.03 bits per heavy atom. The molecule has 2 heterocycles. The van der Waals surface area contributed by atoms with E-state index < -0.39 is 23.6 Å². The molecule has 9 nitrogen and oxygen atoms in total. The molecule has 3 aromatic rings. The third kappa shape index (κ3) is 6.20. The highest BCUT2D eigenvalue weighted by molar-refractivity contribution is 6.38. The molecule has 182 valence electrons. The maximum absolute atomic E-state index is 13.2. The molecule has 0 radical (unpaired) electrons. The Labute approximate surface area is 203 Å². The van der Waals surface area contributed by atoms with Crippen molar-refractivity contribution < 1.29 is 19.1 Å². The number of hydrogen-bond acceptors (Lipinski definition) is 6. The number of nitrogens with zero attached hydrogens (tertiary/aromatic N) is 3. The van der Waals surface area contributed by atoms with Gasteiger partial charge in [0.1, 0.15) is 11.7 Å². The van der Waals surface area contributed by atoms with Gasteiger partial charge in [0, 0.05) is 26.1 Å². The number of carbonyl (C=O) groups is 3. The lowest BCUT2D eigenvalue weighted by molar-refractivity contribution is -0.137. The fraction of sp³-hybridized carbons (Fsp3) is 0.308. The standard InChI is InChI=1S/C26H29N5O4/c1-18-15-23(26(34)28-22(24(32)25(27)33)16-19-5-3-2-4-6-19)31(29-18)21-9-7-20(8-10-21)17-30-11-13-35-14-12-30/h2-10,15,22H,11-14,16-17H2,1H3,(H2,27,33)(H,28,34). The van der Waals surface area contributed by atoms with Crippen LogP contribution in [0, 0.1) is 6.92 Å². The van der Waals surface area contributed by atoms with Gasteiger partial charge in [-0.3, -0.25) is 19.3 Å². The van der Waals surface area contributed by atoms with Gasteiger partial charge in [0.25, 0.3) is 11.8 Å². The number of primary amides is 1. The van der Waals surface area contributed by atoms with E-state index in [0.29, 0.717) is 5.69 Å². The zero-order valence-corrected chi connectivity index (χ0v) is 19.6. The van der Waals surface area contributed by atoms with E-state index in [1.165, 1.54) is 4.68 Å². The van der Waals surface area contributed by atoms with Gasteiger partial charge < -0.3 is 15.8 Å². The Morgan fingerprint density at radius 3 is 2.37 bits per heavy atom. The van der Waals surface area contributed by atoms with Crippen molar-refractivity contribution >= 4 is 17.6 Å². The van der Waals surface area contributed by atoms with E-state index in [9.17, 15) is 14.4 Å². The lowest BCUT2D eigenvalue weighted by atomic mass is 10.0. The minimum absolute atomic E-state index is 0.151.